The third-order valence-corrected chi connectivity index (χ3v) is 3.09. The van der Waals surface area contributed by atoms with Gasteiger partial charge in [0, 0.05) is 0 Å². The zero-order valence-electron chi connectivity index (χ0n) is 8.62. The molecule has 0 aliphatic heterocycles. The summed E-state index contributed by atoms with van der Waals surface area (Å²) in [6.45, 7) is 0. The van der Waals surface area contributed by atoms with Gasteiger partial charge in [0.05, 0.1) is 5.92 Å². The number of carbonyl (C=O) groups is 1. The van der Waals surface area contributed by atoms with Gasteiger partial charge in [-0.15, -0.1) is 0 Å². The highest BCUT2D eigenvalue weighted by Crippen LogP contribution is 2.42. The number of fused-ring (bicyclic) bond motifs is 1. The monoisotopic (exact) mass is 226 g/mol. The SMILES string of the molecule is O=C(O)C(F)(F)C1CCCc2ccccc21. The molecule has 1 aromatic rings. The lowest BCUT2D eigenvalue weighted by Crippen LogP contribution is -2.37. The van der Waals surface area contributed by atoms with E-state index in [4.69, 9.17) is 5.11 Å². The van der Waals surface area contributed by atoms with Crippen LogP contribution in [0, 0.1) is 0 Å². The van der Waals surface area contributed by atoms with Crippen LogP contribution in [-0.4, -0.2) is 17.0 Å². The number of aryl methyl sites for hydroxylation is 1. The highest BCUT2D eigenvalue weighted by atomic mass is 19.3. The van der Waals surface area contributed by atoms with Crippen molar-refractivity contribution >= 4 is 5.97 Å². The van der Waals surface area contributed by atoms with Gasteiger partial charge in [0.1, 0.15) is 0 Å². The van der Waals surface area contributed by atoms with E-state index in [2.05, 4.69) is 0 Å². The van der Waals surface area contributed by atoms with Gasteiger partial charge in [-0.05, 0) is 30.4 Å². The zero-order valence-corrected chi connectivity index (χ0v) is 8.62. The van der Waals surface area contributed by atoms with Crippen LogP contribution < -0.4 is 0 Å². The Morgan fingerprint density at radius 1 is 1.38 bits per heavy atom. The van der Waals surface area contributed by atoms with Crippen LogP contribution in [0.5, 0.6) is 0 Å². The molecular formula is C12H12F2O2. The van der Waals surface area contributed by atoms with Gasteiger partial charge in [0.15, 0.2) is 0 Å². The predicted molar refractivity (Wildman–Crippen MR) is 54.7 cm³/mol. The molecule has 2 nitrogen and oxygen atoms in total. The number of benzene rings is 1. The Morgan fingerprint density at radius 3 is 2.75 bits per heavy atom. The van der Waals surface area contributed by atoms with Crippen molar-refractivity contribution in [3.8, 4) is 0 Å². The summed E-state index contributed by atoms with van der Waals surface area (Å²) in [6, 6.07) is 6.87. The molecule has 0 aromatic heterocycles. The normalized spacial score (nSPS) is 20.2. The Bertz CT molecular complexity index is 415. The van der Waals surface area contributed by atoms with Gasteiger partial charge in [-0.1, -0.05) is 24.3 Å². The number of carboxylic acids is 1. The third-order valence-electron chi connectivity index (χ3n) is 3.09. The fraction of sp³-hybridized carbons (Fsp3) is 0.417. The summed E-state index contributed by atoms with van der Waals surface area (Å²) in [4.78, 5) is 10.6. The second-order valence-electron chi connectivity index (χ2n) is 4.07. The van der Waals surface area contributed by atoms with Gasteiger partial charge in [0.2, 0.25) is 0 Å². The molecule has 0 bridgehead atoms. The van der Waals surface area contributed by atoms with Gasteiger partial charge in [-0.2, -0.15) is 8.78 Å². The summed E-state index contributed by atoms with van der Waals surface area (Å²) in [7, 11) is 0. The van der Waals surface area contributed by atoms with E-state index in [-0.39, 0.29) is 6.42 Å². The topological polar surface area (TPSA) is 37.3 Å². The average Bonchev–Trinajstić information content (AvgIpc) is 2.28. The van der Waals surface area contributed by atoms with Crippen LogP contribution in [0.15, 0.2) is 24.3 Å². The first-order chi connectivity index (χ1) is 7.53. The molecule has 0 heterocycles. The molecule has 1 aliphatic carbocycles. The molecule has 1 aromatic carbocycles. The molecule has 0 fully saturated rings. The van der Waals surface area contributed by atoms with Crippen molar-refractivity contribution in [3.63, 3.8) is 0 Å². The summed E-state index contributed by atoms with van der Waals surface area (Å²) in [5.41, 5.74) is 1.33. The van der Waals surface area contributed by atoms with Crippen LogP contribution in [0.3, 0.4) is 0 Å². The minimum Gasteiger partial charge on any atom is -0.477 e. The average molecular weight is 226 g/mol. The maximum absolute atomic E-state index is 13.5. The summed E-state index contributed by atoms with van der Waals surface area (Å²) in [5, 5.41) is 8.57. The first kappa shape index (κ1) is 11.0. The van der Waals surface area contributed by atoms with Crippen molar-refractivity contribution in [1.82, 2.24) is 0 Å². The van der Waals surface area contributed by atoms with Crippen molar-refractivity contribution in [3.05, 3.63) is 35.4 Å². The number of aliphatic carboxylic acids is 1. The van der Waals surface area contributed by atoms with Crippen LogP contribution in [-0.2, 0) is 11.2 Å². The Kier molecular flexibility index (Phi) is 2.66. The predicted octanol–water partition coefficient (Wildman–Crippen LogP) is 2.83. The minimum absolute atomic E-state index is 0.232. The van der Waals surface area contributed by atoms with Crippen LogP contribution in [0.25, 0.3) is 0 Å². The van der Waals surface area contributed by atoms with Gasteiger partial charge < -0.3 is 5.11 Å². The largest absolute Gasteiger partial charge is 0.477 e. The van der Waals surface area contributed by atoms with Crippen LogP contribution in [0.4, 0.5) is 8.78 Å². The van der Waals surface area contributed by atoms with E-state index in [1.807, 2.05) is 0 Å². The number of halogens is 2. The quantitative estimate of drug-likeness (QED) is 0.841. The first-order valence-corrected chi connectivity index (χ1v) is 5.22. The lowest BCUT2D eigenvalue weighted by molar-refractivity contribution is -0.169. The van der Waals surface area contributed by atoms with Gasteiger partial charge in [-0.3, -0.25) is 0 Å². The van der Waals surface area contributed by atoms with Crippen molar-refractivity contribution in [2.24, 2.45) is 0 Å². The van der Waals surface area contributed by atoms with E-state index in [1.165, 1.54) is 0 Å². The Labute approximate surface area is 91.9 Å². The molecule has 16 heavy (non-hydrogen) atoms. The standard InChI is InChI=1S/C12H12F2O2/c13-12(14,11(15)16)10-7-3-5-8-4-1-2-6-9(8)10/h1-2,4,6,10H,3,5,7H2,(H,15,16). The van der Waals surface area contributed by atoms with Crippen molar-refractivity contribution in [2.75, 3.05) is 0 Å². The zero-order chi connectivity index (χ0) is 11.8. The Hall–Kier alpha value is -1.45. The van der Waals surface area contributed by atoms with E-state index >= 15 is 0 Å². The van der Waals surface area contributed by atoms with E-state index in [1.54, 1.807) is 24.3 Å². The summed E-state index contributed by atoms with van der Waals surface area (Å²) in [6.07, 6.45) is 1.60. The van der Waals surface area contributed by atoms with Crippen LogP contribution in [0.2, 0.25) is 0 Å². The molecule has 0 amide bonds. The van der Waals surface area contributed by atoms with Crippen molar-refractivity contribution < 1.29 is 18.7 Å². The van der Waals surface area contributed by atoms with E-state index < -0.39 is 17.8 Å². The van der Waals surface area contributed by atoms with E-state index in [0.29, 0.717) is 12.0 Å². The number of carboxylic acid groups (broad SMARTS) is 1. The highest BCUT2D eigenvalue weighted by molar-refractivity contribution is 5.77. The van der Waals surface area contributed by atoms with Crippen molar-refractivity contribution in [1.29, 1.82) is 0 Å². The fourth-order valence-corrected chi connectivity index (χ4v) is 2.28. The molecule has 86 valence electrons. The molecule has 0 saturated heterocycles. The van der Waals surface area contributed by atoms with E-state index in [0.717, 1.165) is 12.0 Å². The first-order valence-electron chi connectivity index (χ1n) is 5.22. The molecule has 1 N–H and O–H groups in total. The smallest absolute Gasteiger partial charge is 0.375 e. The number of alkyl halides is 2. The highest BCUT2D eigenvalue weighted by Gasteiger charge is 2.49. The molecule has 0 spiro atoms. The van der Waals surface area contributed by atoms with E-state index in [9.17, 15) is 13.6 Å². The Balaban J connectivity index is 2.42. The molecular weight excluding hydrogens is 214 g/mol. The maximum Gasteiger partial charge on any atom is 0.375 e. The molecule has 0 radical (unpaired) electrons. The Morgan fingerprint density at radius 2 is 2.06 bits per heavy atom. The molecule has 2 rings (SSSR count). The second kappa shape index (κ2) is 3.85. The number of hydrogen-bond donors (Lipinski definition) is 1. The summed E-state index contributed by atoms with van der Waals surface area (Å²) in [5.74, 6) is -6.89. The molecule has 0 saturated carbocycles. The molecule has 1 unspecified atom stereocenters. The second-order valence-corrected chi connectivity index (χ2v) is 4.07. The van der Waals surface area contributed by atoms with Crippen molar-refractivity contribution in [2.45, 2.75) is 31.1 Å². The number of hydrogen-bond acceptors (Lipinski definition) is 1. The number of rotatable bonds is 2. The lowest BCUT2D eigenvalue weighted by atomic mass is 9.79. The van der Waals surface area contributed by atoms with Gasteiger partial charge in [0.25, 0.3) is 0 Å². The van der Waals surface area contributed by atoms with Crippen LogP contribution >= 0.6 is 0 Å². The summed E-state index contributed by atoms with van der Waals surface area (Å²) >= 11 is 0. The van der Waals surface area contributed by atoms with Crippen LogP contribution in [0.1, 0.15) is 29.9 Å². The third kappa shape index (κ3) is 1.68. The minimum atomic E-state index is -3.67. The van der Waals surface area contributed by atoms with Gasteiger partial charge >= 0.3 is 11.9 Å². The molecule has 4 heteroatoms. The van der Waals surface area contributed by atoms with Gasteiger partial charge in [-0.25, -0.2) is 4.79 Å². The molecule has 1 atom stereocenters. The molecule has 1 aliphatic rings. The maximum atomic E-state index is 13.5. The summed E-state index contributed by atoms with van der Waals surface area (Å²) < 4.78 is 27.0. The lowest BCUT2D eigenvalue weighted by Gasteiger charge is -2.29. The fourth-order valence-electron chi connectivity index (χ4n) is 2.28.